The lowest BCUT2D eigenvalue weighted by atomic mass is 10.0. The van der Waals surface area contributed by atoms with Crippen molar-refractivity contribution in [1.82, 2.24) is 9.80 Å². The van der Waals surface area contributed by atoms with E-state index in [1.165, 1.54) is 24.3 Å². The summed E-state index contributed by atoms with van der Waals surface area (Å²) >= 11 is 0. The number of benzene rings is 1. The zero-order chi connectivity index (χ0) is 19.3. The van der Waals surface area contributed by atoms with Crippen LogP contribution >= 0.6 is 0 Å². The first-order chi connectivity index (χ1) is 12.9. The van der Waals surface area contributed by atoms with Crippen molar-refractivity contribution in [2.24, 2.45) is 0 Å². The fraction of sp³-hybridized carbons (Fsp3) is 0.611. The zero-order valence-corrected chi connectivity index (χ0v) is 15.0. The summed E-state index contributed by atoms with van der Waals surface area (Å²) in [5.74, 6) is -0.316. The lowest BCUT2D eigenvalue weighted by molar-refractivity contribution is -0.274. The number of anilines is 1. The fourth-order valence-electron chi connectivity index (χ4n) is 3.47. The van der Waals surface area contributed by atoms with Crippen LogP contribution in [0.2, 0.25) is 0 Å². The van der Waals surface area contributed by atoms with E-state index in [0.717, 1.165) is 38.9 Å². The molecule has 0 radical (unpaired) electrons. The second-order valence-electron chi connectivity index (χ2n) is 6.76. The molecular weight excluding hydrogens is 363 g/mol. The third kappa shape index (κ3) is 6.00. The lowest BCUT2D eigenvalue weighted by Crippen LogP contribution is -2.52. The third-order valence-electron chi connectivity index (χ3n) is 4.80. The van der Waals surface area contributed by atoms with E-state index in [9.17, 15) is 18.0 Å². The van der Waals surface area contributed by atoms with Gasteiger partial charge in [0.15, 0.2) is 0 Å². The number of carbonyl (C=O) groups excluding carboxylic acids is 1. The molecule has 0 bridgehead atoms. The number of piperidine rings is 1. The van der Waals surface area contributed by atoms with Crippen molar-refractivity contribution < 1.29 is 27.4 Å². The van der Waals surface area contributed by atoms with Crippen LogP contribution in [-0.4, -0.2) is 67.6 Å². The Bertz CT molecular complexity index is 619. The molecule has 2 heterocycles. The molecule has 1 aromatic carbocycles. The van der Waals surface area contributed by atoms with Gasteiger partial charge >= 0.3 is 12.4 Å². The maximum absolute atomic E-state index is 12.7. The highest BCUT2D eigenvalue weighted by Gasteiger charge is 2.31. The monoisotopic (exact) mass is 387 g/mol. The highest BCUT2D eigenvalue weighted by Crippen LogP contribution is 2.25. The summed E-state index contributed by atoms with van der Waals surface area (Å²) in [4.78, 5) is 16.8. The van der Waals surface area contributed by atoms with Crippen LogP contribution in [0, 0.1) is 0 Å². The number of alkyl halides is 3. The average Bonchev–Trinajstić information content (AvgIpc) is 2.63. The Morgan fingerprint density at radius 3 is 2.52 bits per heavy atom. The van der Waals surface area contributed by atoms with Crippen LogP contribution in [0.3, 0.4) is 0 Å². The SMILES string of the molecule is O=C(Nc1ccc(OC(F)(F)F)cc1)N1CCCCC1CN1CCOCC1. The van der Waals surface area contributed by atoms with Gasteiger partial charge in [-0.2, -0.15) is 0 Å². The number of nitrogens with zero attached hydrogens (tertiary/aromatic N) is 2. The summed E-state index contributed by atoms with van der Waals surface area (Å²) in [6.45, 7) is 4.65. The van der Waals surface area contributed by atoms with Crippen molar-refractivity contribution in [2.75, 3.05) is 44.7 Å². The quantitative estimate of drug-likeness (QED) is 0.861. The highest BCUT2D eigenvalue weighted by molar-refractivity contribution is 5.89. The maximum atomic E-state index is 12.7. The Morgan fingerprint density at radius 2 is 1.85 bits per heavy atom. The van der Waals surface area contributed by atoms with Crippen molar-refractivity contribution in [2.45, 2.75) is 31.7 Å². The van der Waals surface area contributed by atoms with Gasteiger partial charge in [-0.25, -0.2) is 4.79 Å². The number of nitrogens with one attached hydrogen (secondary N) is 1. The first-order valence-electron chi connectivity index (χ1n) is 9.14. The number of ether oxygens (including phenoxy) is 2. The number of halogens is 3. The molecule has 0 saturated carbocycles. The van der Waals surface area contributed by atoms with Crippen molar-refractivity contribution in [3.05, 3.63) is 24.3 Å². The molecule has 27 heavy (non-hydrogen) atoms. The molecule has 1 N–H and O–H groups in total. The molecule has 2 aliphatic rings. The summed E-state index contributed by atoms with van der Waals surface area (Å²) in [5, 5.41) is 2.78. The van der Waals surface area contributed by atoms with Gasteiger partial charge in [0.1, 0.15) is 5.75 Å². The number of likely N-dealkylation sites (tertiary alicyclic amines) is 1. The van der Waals surface area contributed by atoms with Crippen LogP contribution in [0.15, 0.2) is 24.3 Å². The molecule has 9 heteroatoms. The maximum Gasteiger partial charge on any atom is 0.573 e. The van der Waals surface area contributed by atoms with Gasteiger partial charge in [0, 0.05) is 37.9 Å². The van der Waals surface area contributed by atoms with Gasteiger partial charge in [-0.3, -0.25) is 4.90 Å². The second kappa shape index (κ2) is 8.79. The van der Waals surface area contributed by atoms with Gasteiger partial charge in [-0.05, 0) is 43.5 Å². The van der Waals surface area contributed by atoms with E-state index in [1.807, 2.05) is 4.90 Å². The molecule has 150 valence electrons. The third-order valence-corrected chi connectivity index (χ3v) is 4.80. The van der Waals surface area contributed by atoms with Crippen LogP contribution in [0.5, 0.6) is 5.75 Å². The van der Waals surface area contributed by atoms with Gasteiger partial charge in [-0.1, -0.05) is 0 Å². The molecule has 2 amide bonds. The Balaban J connectivity index is 1.57. The molecule has 2 saturated heterocycles. The summed E-state index contributed by atoms with van der Waals surface area (Å²) in [5.41, 5.74) is 0.435. The largest absolute Gasteiger partial charge is 0.573 e. The number of morpholine rings is 1. The van der Waals surface area contributed by atoms with Crippen molar-refractivity contribution in [1.29, 1.82) is 0 Å². The van der Waals surface area contributed by atoms with Crippen LogP contribution in [0.4, 0.5) is 23.7 Å². The zero-order valence-electron chi connectivity index (χ0n) is 15.0. The van der Waals surface area contributed by atoms with Crippen molar-refractivity contribution >= 4 is 11.7 Å². The van der Waals surface area contributed by atoms with E-state index in [2.05, 4.69) is 15.0 Å². The number of amides is 2. The molecule has 3 rings (SSSR count). The molecule has 0 spiro atoms. The Morgan fingerprint density at radius 1 is 1.15 bits per heavy atom. The first kappa shape index (κ1) is 19.8. The predicted molar refractivity (Wildman–Crippen MR) is 93.7 cm³/mol. The minimum absolute atomic E-state index is 0.129. The van der Waals surface area contributed by atoms with Gasteiger partial charge in [-0.15, -0.1) is 13.2 Å². The molecule has 0 aromatic heterocycles. The van der Waals surface area contributed by atoms with Crippen LogP contribution in [0.1, 0.15) is 19.3 Å². The molecule has 1 aromatic rings. The van der Waals surface area contributed by atoms with E-state index < -0.39 is 6.36 Å². The average molecular weight is 387 g/mol. The lowest BCUT2D eigenvalue weighted by Gasteiger charge is -2.39. The minimum Gasteiger partial charge on any atom is -0.406 e. The smallest absolute Gasteiger partial charge is 0.406 e. The Labute approximate surface area is 156 Å². The Hall–Kier alpha value is -2.00. The second-order valence-corrected chi connectivity index (χ2v) is 6.76. The standard InChI is InChI=1S/C18H24F3N3O3/c19-18(20,21)27-16-6-4-14(5-7-16)22-17(25)24-8-2-1-3-15(24)13-23-9-11-26-12-10-23/h4-7,15H,1-3,8-13H2,(H,22,25). The Kier molecular flexibility index (Phi) is 6.43. The summed E-state index contributed by atoms with van der Waals surface area (Å²) < 4.78 is 45.9. The highest BCUT2D eigenvalue weighted by atomic mass is 19.4. The van der Waals surface area contributed by atoms with Crippen molar-refractivity contribution in [3.8, 4) is 5.75 Å². The van der Waals surface area contributed by atoms with Gasteiger partial charge < -0.3 is 19.7 Å². The van der Waals surface area contributed by atoms with E-state index >= 15 is 0 Å². The van der Waals surface area contributed by atoms with Gasteiger partial charge in [0.25, 0.3) is 0 Å². The summed E-state index contributed by atoms with van der Waals surface area (Å²) in [6, 6.07) is 5.08. The normalized spacial score (nSPS) is 21.7. The minimum atomic E-state index is -4.73. The van der Waals surface area contributed by atoms with Crippen LogP contribution in [-0.2, 0) is 4.74 Å². The number of hydrogen-bond acceptors (Lipinski definition) is 4. The molecule has 2 fully saturated rings. The van der Waals surface area contributed by atoms with Crippen molar-refractivity contribution in [3.63, 3.8) is 0 Å². The molecule has 6 nitrogen and oxygen atoms in total. The topological polar surface area (TPSA) is 54.0 Å². The molecule has 1 atom stereocenters. The van der Waals surface area contributed by atoms with E-state index in [1.54, 1.807) is 0 Å². The van der Waals surface area contributed by atoms with Gasteiger partial charge in [0.2, 0.25) is 0 Å². The number of carbonyl (C=O) groups is 1. The number of rotatable bonds is 4. The fourth-order valence-corrected chi connectivity index (χ4v) is 3.47. The molecule has 2 aliphatic heterocycles. The van der Waals surface area contributed by atoms with Crippen LogP contribution < -0.4 is 10.1 Å². The summed E-state index contributed by atoms with van der Waals surface area (Å²) in [7, 11) is 0. The summed E-state index contributed by atoms with van der Waals surface area (Å²) in [6.07, 6.45) is -1.75. The van der Waals surface area contributed by atoms with E-state index in [-0.39, 0.29) is 17.8 Å². The molecule has 1 unspecified atom stereocenters. The van der Waals surface area contributed by atoms with Gasteiger partial charge in [0.05, 0.1) is 13.2 Å². The van der Waals surface area contributed by atoms with E-state index in [4.69, 9.17) is 4.74 Å². The van der Waals surface area contributed by atoms with Crippen LogP contribution in [0.25, 0.3) is 0 Å². The number of hydrogen-bond donors (Lipinski definition) is 1. The molecular formula is C18H24F3N3O3. The predicted octanol–water partition coefficient (Wildman–Crippen LogP) is 3.30. The first-order valence-corrected chi connectivity index (χ1v) is 9.14. The number of urea groups is 1. The molecule has 0 aliphatic carbocycles. The van der Waals surface area contributed by atoms with E-state index in [0.29, 0.717) is 25.4 Å².